The molecule has 4 heterocycles. The number of carbonyl (C=O) groups excluding carboxylic acids is 1. The zero-order valence-corrected chi connectivity index (χ0v) is 23.1. The van der Waals surface area contributed by atoms with Crippen LogP contribution < -0.4 is 9.64 Å². The van der Waals surface area contributed by atoms with E-state index in [1.54, 1.807) is 13.3 Å². The van der Waals surface area contributed by atoms with Gasteiger partial charge in [-0.1, -0.05) is 25.5 Å². The molecular weight excluding hydrogens is 504 g/mol. The third kappa shape index (κ3) is 5.71. The van der Waals surface area contributed by atoms with E-state index in [2.05, 4.69) is 21.2 Å². The zero-order chi connectivity index (χ0) is 27.7. The van der Waals surface area contributed by atoms with Gasteiger partial charge in [0.15, 0.2) is 0 Å². The van der Waals surface area contributed by atoms with Crippen molar-refractivity contribution in [3.63, 3.8) is 0 Å². The van der Waals surface area contributed by atoms with Crippen LogP contribution in [0.15, 0.2) is 30.6 Å². The summed E-state index contributed by atoms with van der Waals surface area (Å²) in [6.07, 6.45) is 7.12. The minimum Gasteiger partial charge on any atom is -0.496 e. The van der Waals surface area contributed by atoms with Gasteiger partial charge in [0.05, 0.1) is 43.9 Å². The summed E-state index contributed by atoms with van der Waals surface area (Å²) in [5.74, 6) is -1.40. The van der Waals surface area contributed by atoms with Gasteiger partial charge in [0.1, 0.15) is 11.4 Å². The van der Waals surface area contributed by atoms with Crippen LogP contribution in [0.5, 0.6) is 5.75 Å². The molecule has 39 heavy (non-hydrogen) atoms. The lowest BCUT2D eigenvalue weighted by Gasteiger charge is -2.46. The maximum atomic E-state index is 13.4. The Labute approximate surface area is 227 Å². The molecule has 0 spiro atoms. The third-order valence-electron chi connectivity index (χ3n) is 7.77. The van der Waals surface area contributed by atoms with Gasteiger partial charge in [0, 0.05) is 42.7 Å². The van der Waals surface area contributed by atoms with Crippen molar-refractivity contribution in [3.8, 4) is 17.0 Å². The molecular formula is C29H37F2N5O3. The number of aryl methyl sites for hydroxylation is 1. The van der Waals surface area contributed by atoms with E-state index in [1.807, 2.05) is 43.1 Å². The summed E-state index contributed by atoms with van der Waals surface area (Å²) in [7, 11) is 1.59. The predicted molar refractivity (Wildman–Crippen MR) is 146 cm³/mol. The third-order valence-corrected chi connectivity index (χ3v) is 7.77. The number of fused-ring (bicyclic) bond motifs is 1. The topological polar surface area (TPSA) is 72.2 Å². The van der Waals surface area contributed by atoms with E-state index in [9.17, 15) is 13.6 Å². The molecule has 3 aromatic rings. The Kier molecular flexibility index (Phi) is 7.75. The van der Waals surface area contributed by atoms with Crippen molar-refractivity contribution in [1.82, 2.24) is 19.3 Å². The fourth-order valence-corrected chi connectivity index (χ4v) is 5.77. The molecule has 2 aliphatic heterocycles. The van der Waals surface area contributed by atoms with Crippen molar-refractivity contribution < 1.29 is 23.0 Å². The molecule has 0 radical (unpaired) electrons. The molecule has 10 heteroatoms. The smallest absolute Gasteiger partial charge is 0.310 e. The Morgan fingerprint density at radius 2 is 1.97 bits per heavy atom. The number of hydrogen-bond donors (Lipinski definition) is 0. The van der Waals surface area contributed by atoms with Crippen molar-refractivity contribution in [1.29, 1.82) is 0 Å². The molecule has 2 fully saturated rings. The Hall–Kier alpha value is -3.27. The van der Waals surface area contributed by atoms with Gasteiger partial charge in [-0.3, -0.25) is 19.1 Å². The monoisotopic (exact) mass is 541 g/mol. The van der Waals surface area contributed by atoms with Crippen LogP contribution in [0.1, 0.15) is 50.8 Å². The van der Waals surface area contributed by atoms with Crippen LogP contribution in [0.25, 0.3) is 16.8 Å². The number of imidazole rings is 1. The van der Waals surface area contributed by atoms with Gasteiger partial charge in [-0.05, 0) is 39.2 Å². The van der Waals surface area contributed by atoms with E-state index in [4.69, 9.17) is 14.5 Å². The quantitative estimate of drug-likeness (QED) is 0.357. The molecule has 2 saturated heterocycles. The highest BCUT2D eigenvalue weighted by molar-refractivity contribution is 5.83. The first-order chi connectivity index (χ1) is 18.7. The number of likely N-dealkylation sites (tertiary alicyclic amines) is 1. The van der Waals surface area contributed by atoms with Gasteiger partial charge in [0.2, 0.25) is 5.95 Å². The largest absolute Gasteiger partial charge is 0.496 e. The second-order valence-corrected chi connectivity index (χ2v) is 10.8. The number of halogens is 2. The van der Waals surface area contributed by atoms with Gasteiger partial charge < -0.3 is 14.4 Å². The van der Waals surface area contributed by atoms with Crippen molar-refractivity contribution in [2.45, 2.75) is 70.9 Å². The van der Waals surface area contributed by atoms with Gasteiger partial charge in [-0.15, -0.1) is 0 Å². The van der Waals surface area contributed by atoms with Gasteiger partial charge >= 0.3 is 5.97 Å². The van der Waals surface area contributed by atoms with Crippen LogP contribution in [-0.4, -0.2) is 76.6 Å². The van der Waals surface area contributed by atoms with Crippen LogP contribution in [0.2, 0.25) is 0 Å². The minimum absolute atomic E-state index is 0.115. The molecule has 8 nitrogen and oxygen atoms in total. The standard InChI is InChI=1S/C29H37F2N5O3/c1-5-6-19(2)39-25(37)16-21-7-8-22(15-24(21)38-4)26-27-20(3)32-11-14-36(27)28(33-26)34-12-9-23(10-13-34)35-17-29(30,31)18-35/h7-8,11,14-15,19,23H,5-6,9-10,12-13,16-18H2,1-4H3/t19-/m0/s1. The number of carbonyl (C=O) groups is 1. The molecule has 210 valence electrons. The highest BCUT2D eigenvalue weighted by Crippen LogP contribution is 2.36. The second kappa shape index (κ2) is 11.1. The predicted octanol–water partition coefficient (Wildman–Crippen LogP) is 4.91. The Balaban J connectivity index is 1.38. The molecule has 0 amide bonds. The number of rotatable bonds is 9. The number of anilines is 1. The number of alkyl halides is 2. The van der Waals surface area contributed by atoms with E-state index in [1.165, 1.54) is 0 Å². The number of methoxy groups -OCH3 is 1. The molecule has 0 unspecified atom stereocenters. The SMILES string of the molecule is CCC[C@H](C)OC(=O)Cc1ccc(-c2nc(N3CCC(N4CC(F)(F)C4)CC3)n3ccnc(C)c23)cc1OC. The summed E-state index contributed by atoms with van der Waals surface area (Å²) in [4.78, 5) is 26.2. The van der Waals surface area contributed by atoms with Crippen LogP contribution >= 0.6 is 0 Å². The van der Waals surface area contributed by atoms with E-state index >= 15 is 0 Å². The summed E-state index contributed by atoms with van der Waals surface area (Å²) in [5.41, 5.74) is 4.15. The van der Waals surface area contributed by atoms with Crippen molar-refractivity contribution in [3.05, 3.63) is 41.9 Å². The maximum absolute atomic E-state index is 13.4. The Bertz CT molecular complexity index is 1330. The average molecular weight is 542 g/mol. The lowest BCUT2D eigenvalue weighted by atomic mass is 9.98. The summed E-state index contributed by atoms with van der Waals surface area (Å²) in [6.45, 7) is 7.15. The zero-order valence-electron chi connectivity index (χ0n) is 23.1. The molecule has 2 aromatic heterocycles. The lowest BCUT2D eigenvalue weighted by Crippen LogP contribution is -2.61. The highest BCUT2D eigenvalue weighted by Gasteiger charge is 2.47. The first kappa shape index (κ1) is 27.3. The van der Waals surface area contributed by atoms with Gasteiger partial charge in [0.25, 0.3) is 5.92 Å². The molecule has 2 aliphatic rings. The summed E-state index contributed by atoms with van der Waals surface area (Å²) in [6, 6.07) is 5.94. The fraction of sp³-hybridized carbons (Fsp3) is 0.552. The van der Waals surface area contributed by atoms with Gasteiger partial charge in [-0.2, -0.15) is 0 Å². The number of ether oxygens (including phenoxy) is 2. The van der Waals surface area contributed by atoms with E-state index < -0.39 is 5.92 Å². The molecule has 0 bridgehead atoms. The van der Waals surface area contributed by atoms with Crippen molar-refractivity contribution in [2.75, 3.05) is 38.2 Å². The number of piperidine rings is 1. The molecule has 0 aliphatic carbocycles. The van der Waals surface area contributed by atoms with Crippen molar-refractivity contribution in [2.24, 2.45) is 0 Å². The fourth-order valence-electron chi connectivity index (χ4n) is 5.77. The van der Waals surface area contributed by atoms with Crippen LogP contribution in [0.3, 0.4) is 0 Å². The second-order valence-electron chi connectivity index (χ2n) is 10.8. The molecule has 1 atom stereocenters. The summed E-state index contributed by atoms with van der Waals surface area (Å²) < 4.78 is 40.0. The number of benzene rings is 1. The number of hydrogen-bond acceptors (Lipinski definition) is 7. The molecule has 5 rings (SSSR count). The van der Waals surface area contributed by atoms with E-state index in [0.717, 1.165) is 72.8 Å². The summed E-state index contributed by atoms with van der Waals surface area (Å²) >= 11 is 0. The normalized spacial score (nSPS) is 18.7. The number of nitrogens with zero attached hydrogens (tertiary/aromatic N) is 5. The number of esters is 1. The van der Waals surface area contributed by atoms with Gasteiger partial charge in [-0.25, -0.2) is 13.8 Å². The molecule has 1 aromatic carbocycles. The molecule has 0 saturated carbocycles. The van der Waals surface area contributed by atoms with Crippen molar-refractivity contribution >= 4 is 17.4 Å². The first-order valence-electron chi connectivity index (χ1n) is 13.8. The van der Waals surface area contributed by atoms with Crippen LogP contribution in [-0.2, 0) is 16.0 Å². The van der Waals surface area contributed by atoms with E-state index in [0.29, 0.717) is 5.75 Å². The van der Waals surface area contributed by atoms with Crippen LogP contribution in [0, 0.1) is 6.92 Å². The number of aromatic nitrogens is 3. The lowest BCUT2D eigenvalue weighted by molar-refractivity contribution is -0.148. The average Bonchev–Trinajstić information content (AvgIpc) is 3.28. The first-order valence-corrected chi connectivity index (χ1v) is 13.8. The maximum Gasteiger partial charge on any atom is 0.310 e. The molecule has 0 N–H and O–H groups in total. The highest BCUT2D eigenvalue weighted by atomic mass is 19.3. The minimum atomic E-state index is -2.54. The van der Waals surface area contributed by atoms with Crippen LogP contribution in [0.4, 0.5) is 14.7 Å². The summed E-state index contributed by atoms with van der Waals surface area (Å²) in [5, 5.41) is 0. The van der Waals surface area contributed by atoms with E-state index in [-0.39, 0.29) is 37.6 Å². The Morgan fingerprint density at radius 1 is 1.23 bits per heavy atom. The Morgan fingerprint density at radius 3 is 2.64 bits per heavy atom.